The molecule has 3 atom stereocenters. The summed E-state index contributed by atoms with van der Waals surface area (Å²) in [6.07, 6.45) is 1.22. The molecular weight excluding hydrogens is 205 g/mol. The molecular formula is C13H18FNO. The predicted molar refractivity (Wildman–Crippen MR) is 61.6 cm³/mol. The molecule has 2 N–H and O–H groups in total. The zero-order valence-electron chi connectivity index (χ0n) is 9.74. The number of hydrogen-bond acceptors (Lipinski definition) is 2. The summed E-state index contributed by atoms with van der Waals surface area (Å²) in [4.78, 5) is 0. The van der Waals surface area contributed by atoms with Gasteiger partial charge in [-0.3, -0.25) is 0 Å². The molecule has 0 radical (unpaired) electrons. The van der Waals surface area contributed by atoms with Gasteiger partial charge >= 0.3 is 0 Å². The second kappa shape index (κ2) is 4.52. The van der Waals surface area contributed by atoms with Gasteiger partial charge in [-0.25, -0.2) is 4.39 Å². The summed E-state index contributed by atoms with van der Waals surface area (Å²) in [7, 11) is 0. The van der Waals surface area contributed by atoms with Crippen LogP contribution in [0.2, 0.25) is 0 Å². The third-order valence-corrected chi connectivity index (χ3v) is 3.19. The van der Waals surface area contributed by atoms with Crippen molar-refractivity contribution in [3.05, 3.63) is 35.1 Å². The Labute approximate surface area is 95.6 Å². The van der Waals surface area contributed by atoms with Gasteiger partial charge in [0.25, 0.3) is 0 Å². The van der Waals surface area contributed by atoms with Gasteiger partial charge in [-0.1, -0.05) is 6.07 Å². The highest BCUT2D eigenvalue weighted by Crippen LogP contribution is 2.30. The highest BCUT2D eigenvalue weighted by Gasteiger charge is 2.28. The molecule has 1 fully saturated rings. The van der Waals surface area contributed by atoms with Crippen LogP contribution in [-0.2, 0) is 4.74 Å². The lowest BCUT2D eigenvalue weighted by Gasteiger charge is -2.18. The monoisotopic (exact) mass is 223 g/mol. The quantitative estimate of drug-likeness (QED) is 0.836. The van der Waals surface area contributed by atoms with Gasteiger partial charge in [0.05, 0.1) is 12.7 Å². The van der Waals surface area contributed by atoms with E-state index in [1.807, 2.05) is 19.9 Å². The van der Waals surface area contributed by atoms with Crippen LogP contribution in [0.15, 0.2) is 18.2 Å². The maximum absolute atomic E-state index is 13.3. The zero-order valence-corrected chi connectivity index (χ0v) is 9.74. The van der Waals surface area contributed by atoms with Crippen molar-refractivity contribution in [2.45, 2.75) is 32.4 Å². The van der Waals surface area contributed by atoms with Gasteiger partial charge in [0.15, 0.2) is 0 Å². The Morgan fingerprint density at radius 3 is 2.75 bits per heavy atom. The van der Waals surface area contributed by atoms with Crippen molar-refractivity contribution in [3.8, 4) is 0 Å². The molecule has 0 amide bonds. The van der Waals surface area contributed by atoms with E-state index in [9.17, 15) is 4.39 Å². The molecule has 16 heavy (non-hydrogen) atoms. The Morgan fingerprint density at radius 1 is 1.44 bits per heavy atom. The molecule has 2 nitrogen and oxygen atoms in total. The fourth-order valence-electron chi connectivity index (χ4n) is 2.33. The van der Waals surface area contributed by atoms with Crippen LogP contribution in [0.3, 0.4) is 0 Å². The number of rotatable bonds is 2. The first-order valence-corrected chi connectivity index (χ1v) is 5.70. The van der Waals surface area contributed by atoms with Crippen LogP contribution in [-0.4, -0.2) is 12.7 Å². The first kappa shape index (κ1) is 11.6. The summed E-state index contributed by atoms with van der Waals surface area (Å²) < 4.78 is 18.8. The number of halogens is 1. The smallest absolute Gasteiger partial charge is 0.123 e. The second-order valence-electron chi connectivity index (χ2n) is 4.73. The molecule has 88 valence electrons. The number of benzene rings is 1. The minimum atomic E-state index is -0.211. The van der Waals surface area contributed by atoms with Gasteiger partial charge in [0.2, 0.25) is 0 Å². The average molecular weight is 223 g/mol. The minimum absolute atomic E-state index is 0.126. The summed E-state index contributed by atoms with van der Waals surface area (Å²) in [5.74, 6) is 0.0913. The van der Waals surface area contributed by atoms with E-state index in [0.717, 1.165) is 17.5 Å². The van der Waals surface area contributed by atoms with Crippen LogP contribution in [0.1, 0.15) is 30.5 Å². The maximum Gasteiger partial charge on any atom is 0.123 e. The number of hydrogen-bond donors (Lipinski definition) is 1. The lowest BCUT2D eigenvalue weighted by atomic mass is 9.91. The van der Waals surface area contributed by atoms with Crippen molar-refractivity contribution in [2.75, 3.05) is 6.61 Å². The maximum atomic E-state index is 13.3. The van der Waals surface area contributed by atoms with Crippen LogP contribution >= 0.6 is 0 Å². The lowest BCUT2D eigenvalue weighted by molar-refractivity contribution is 0.118. The van der Waals surface area contributed by atoms with Gasteiger partial charge in [-0.15, -0.1) is 0 Å². The Balaban J connectivity index is 2.17. The van der Waals surface area contributed by atoms with E-state index in [1.54, 1.807) is 0 Å². The van der Waals surface area contributed by atoms with Gasteiger partial charge in [0.1, 0.15) is 5.82 Å². The summed E-state index contributed by atoms with van der Waals surface area (Å²) in [5.41, 5.74) is 7.94. The van der Waals surface area contributed by atoms with Gasteiger partial charge < -0.3 is 10.5 Å². The fraction of sp³-hybridized carbons (Fsp3) is 0.538. The molecule has 1 aliphatic rings. The van der Waals surface area contributed by atoms with Gasteiger partial charge in [0, 0.05) is 12.0 Å². The van der Waals surface area contributed by atoms with Gasteiger partial charge in [-0.2, -0.15) is 0 Å². The fourth-order valence-corrected chi connectivity index (χ4v) is 2.33. The molecule has 0 bridgehead atoms. The van der Waals surface area contributed by atoms with Crippen molar-refractivity contribution < 1.29 is 9.13 Å². The average Bonchev–Trinajstić information content (AvgIpc) is 2.62. The van der Waals surface area contributed by atoms with Gasteiger partial charge in [-0.05, 0) is 43.5 Å². The normalized spacial score (nSPS) is 27.0. The van der Waals surface area contributed by atoms with E-state index in [2.05, 4.69) is 0 Å². The summed E-state index contributed by atoms with van der Waals surface area (Å²) in [6, 6.07) is 4.88. The molecule has 2 rings (SSSR count). The van der Waals surface area contributed by atoms with Crippen LogP contribution in [0.25, 0.3) is 0 Å². The highest BCUT2D eigenvalue weighted by molar-refractivity contribution is 5.26. The van der Waals surface area contributed by atoms with Crippen molar-refractivity contribution in [3.63, 3.8) is 0 Å². The van der Waals surface area contributed by atoms with Crippen LogP contribution in [0, 0.1) is 18.7 Å². The molecule has 1 heterocycles. The summed E-state index contributed by atoms with van der Waals surface area (Å²) >= 11 is 0. The van der Waals surface area contributed by atoms with Crippen molar-refractivity contribution in [2.24, 2.45) is 11.7 Å². The van der Waals surface area contributed by atoms with Crippen LogP contribution in [0.5, 0.6) is 0 Å². The van der Waals surface area contributed by atoms with Crippen molar-refractivity contribution >= 4 is 0 Å². The van der Waals surface area contributed by atoms with Crippen molar-refractivity contribution in [1.29, 1.82) is 0 Å². The SMILES string of the molecule is Cc1cc(F)cc(C(N)C2COC(C)C2)c1. The molecule has 1 aliphatic heterocycles. The van der Waals surface area contributed by atoms with E-state index >= 15 is 0 Å². The first-order chi connectivity index (χ1) is 7.56. The van der Waals surface area contributed by atoms with E-state index in [0.29, 0.717) is 12.5 Å². The minimum Gasteiger partial charge on any atom is -0.378 e. The van der Waals surface area contributed by atoms with Crippen LogP contribution in [0.4, 0.5) is 4.39 Å². The summed E-state index contributed by atoms with van der Waals surface area (Å²) in [5, 5.41) is 0. The Bertz CT molecular complexity index is 360. The highest BCUT2D eigenvalue weighted by atomic mass is 19.1. The molecule has 3 unspecified atom stereocenters. The van der Waals surface area contributed by atoms with Crippen LogP contribution < -0.4 is 5.73 Å². The second-order valence-corrected chi connectivity index (χ2v) is 4.73. The molecule has 1 aromatic rings. The van der Waals surface area contributed by atoms with E-state index < -0.39 is 0 Å². The van der Waals surface area contributed by atoms with E-state index in [-0.39, 0.29) is 18.0 Å². The zero-order chi connectivity index (χ0) is 11.7. The molecule has 0 saturated carbocycles. The Hall–Kier alpha value is -0.930. The molecule has 0 aliphatic carbocycles. The predicted octanol–water partition coefficient (Wildman–Crippen LogP) is 2.56. The Kier molecular flexibility index (Phi) is 3.26. The first-order valence-electron chi connectivity index (χ1n) is 5.70. The third kappa shape index (κ3) is 2.42. The molecule has 0 aromatic heterocycles. The summed E-state index contributed by atoms with van der Waals surface area (Å²) in [6.45, 7) is 4.61. The standard InChI is InChI=1S/C13H18FNO/c1-8-3-10(6-12(14)4-8)13(15)11-5-9(2)16-7-11/h3-4,6,9,11,13H,5,7,15H2,1-2H3. The number of nitrogens with two attached hydrogens (primary N) is 1. The van der Waals surface area contributed by atoms with Crippen molar-refractivity contribution in [1.82, 2.24) is 0 Å². The van der Waals surface area contributed by atoms with E-state index in [4.69, 9.17) is 10.5 Å². The molecule has 1 saturated heterocycles. The Morgan fingerprint density at radius 2 is 2.19 bits per heavy atom. The number of aryl methyl sites for hydroxylation is 1. The third-order valence-electron chi connectivity index (χ3n) is 3.19. The molecule has 0 spiro atoms. The number of ether oxygens (including phenoxy) is 1. The molecule has 3 heteroatoms. The molecule has 1 aromatic carbocycles. The lowest BCUT2D eigenvalue weighted by Crippen LogP contribution is -2.22. The topological polar surface area (TPSA) is 35.2 Å². The van der Waals surface area contributed by atoms with E-state index in [1.165, 1.54) is 12.1 Å². The largest absolute Gasteiger partial charge is 0.378 e.